The van der Waals surface area contributed by atoms with Gasteiger partial charge in [0.05, 0.1) is 37.2 Å². The molecule has 0 aliphatic heterocycles. The first-order valence-corrected chi connectivity index (χ1v) is 7.53. The molecule has 0 aliphatic carbocycles. The summed E-state index contributed by atoms with van der Waals surface area (Å²) >= 11 is 6.02. The molecule has 0 saturated heterocycles. The van der Waals surface area contributed by atoms with Crippen molar-refractivity contribution in [1.82, 2.24) is 0 Å². The van der Waals surface area contributed by atoms with Gasteiger partial charge in [0.1, 0.15) is 17.3 Å². The van der Waals surface area contributed by atoms with Crippen LogP contribution in [0.3, 0.4) is 0 Å². The molecule has 0 saturated carbocycles. The van der Waals surface area contributed by atoms with Crippen LogP contribution in [0.2, 0.25) is 5.02 Å². The summed E-state index contributed by atoms with van der Waals surface area (Å²) in [7, 11) is 2.94. The molecule has 2 aromatic rings. The predicted molar refractivity (Wildman–Crippen MR) is 92.8 cm³/mol. The molecule has 128 valence electrons. The van der Waals surface area contributed by atoms with Gasteiger partial charge in [0.15, 0.2) is 0 Å². The second-order valence-electron chi connectivity index (χ2n) is 5.07. The number of carbonyl (C=O) groups excluding carboxylic acids is 1. The molecule has 0 atom stereocenters. The Morgan fingerprint density at radius 3 is 2.46 bits per heavy atom. The lowest BCUT2D eigenvalue weighted by atomic mass is 10.2. The number of nitrogens with one attached hydrogen (secondary N) is 2. The summed E-state index contributed by atoms with van der Waals surface area (Å²) in [5.74, 6) is 0.0344. The summed E-state index contributed by atoms with van der Waals surface area (Å²) in [6, 6.07) is 7.85. The second-order valence-corrected chi connectivity index (χ2v) is 5.48. The molecule has 0 bridgehead atoms. The standard InChI is InChI=1S/C17H18ClFN2O3/c1-10-4-5-13(12(19)6-10)20-9-17(22)21-14-8-15(23-2)11(18)7-16(14)24-3/h4-8,20H,9H2,1-3H3,(H,21,22). The van der Waals surface area contributed by atoms with Crippen LogP contribution in [0.5, 0.6) is 11.5 Å². The zero-order valence-electron chi connectivity index (χ0n) is 13.6. The lowest BCUT2D eigenvalue weighted by Gasteiger charge is -2.14. The van der Waals surface area contributed by atoms with E-state index in [1.807, 2.05) is 0 Å². The number of anilines is 2. The fourth-order valence-corrected chi connectivity index (χ4v) is 2.32. The molecular weight excluding hydrogens is 335 g/mol. The molecule has 0 heterocycles. The maximum absolute atomic E-state index is 13.7. The van der Waals surface area contributed by atoms with E-state index in [0.29, 0.717) is 22.2 Å². The lowest BCUT2D eigenvalue weighted by Crippen LogP contribution is -2.22. The molecule has 2 aromatic carbocycles. The van der Waals surface area contributed by atoms with Gasteiger partial charge in [-0.15, -0.1) is 0 Å². The quantitative estimate of drug-likeness (QED) is 0.829. The van der Waals surface area contributed by atoms with Gasteiger partial charge in [-0.05, 0) is 24.6 Å². The van der Waals surface area contributed by atoms with E-state index < -0.39 is 5.82 Å². The third-order valence-electron chi connectivity index (χ3n) is 3.31. The summed E-state index contributed by atoms with van der Waals surface area (Å²) in [6.07, 6.45) is 0. The van der Waals surface area contributed by atoms with Crippen LogP contribution in [-0.2, 0) is 4.79 Å². The van der Waals surface area contributed by atoms with E-state index in [9.17, 15) is 9.18 Å². The Hall–Kier alpha value is -2.47. The molecule has 0 radical (unpaired) electrons. The maximum Gasteiger partial charge on any atom is 0.243 e. The highest BCUT2D eigenvalue weighted by Crippen LogP contribution is 2.35. The van der Waals surface area contributed by atoms with Gasteiger partial charge in [-0.3, -0.25) is 4.79 Å². The zero-order valence-corrected chi connectivity index (χ0v) is 14.3. The largest absolute Gasteiger partial charge is 0.495 e. The summed E-state index contributed by atoms with van der Waals surface area (Å²) in [5, 5.41) is 5.80. The van der Waals surface area contributed by atoms with Crippen molar-refractivity contribution >= 4 is 28.9 Å². The Morgan fingerprint density at radius 2 is 1.83 bits per heavy atom. The summed E-state index contributed by atoms with van der Waals surface area (Å²) in [4.78, 5) is 12.1. The molecule has 7 heteroatoms. The van der Waals surface area contributed by atoms with Crippen LogP contribution in [0.25, 0.3) is 0 Å². The SMILES string of the molecule is COc1cc(NC(=O)CNc2ccc(C)cc2F)c(OC)cc1Cl. The van der Waals surface area contributed by atoms with E-state index in [1.54, 1.807) is 31.2 Å². The molecular formula is C17H18ClFN2O3. The van der Waals surface area contributed by atoms with Gasteiger partial charge in [0.25, 0.3) is 0 Å². The van der Waals surface area contributed by atoms with Crippen LogP contribution in [-0.4, -0.2) is 26.7 Å². The monoisotopic (exact) mass is 352 g/mol. The van der Waals surface area contributed by atoms with Crippen LogP contribution in [0.15, 0.2) is 30.3 Å². The van der Waals surface area contributed by atoms with Crippen molar-refractivity contribution < 1.29 is 18.7 Å². The third kappa shape index (κ3) is 4.29. The van der Waals surface area contributed by atoms with Crippen molar-refractivity contribution in [1.29, 1.82) is 0 Å². The molecule has 0 fully saturated rings. The second kappa shape index (κ2) is 7.88. The van der Waals surface area contributed by atoms with Crippen molar-refractivity contribution in [3.8, 4) is 11.5 Å². The molecule has 0 spiro atoms. The number of carbonyl (C=O) groups is 1. The van der Waals surface area contributed by atoms with Gasteiger partial charge < -0.3 is 20.1 Å². The highest BCUT2D eigenvalue weighted by molar-refractivity contribution is 6.32. The Labute approximate surface area is 144 Å². The molecule has 2 N–H and O–H groups in total. The van der Waals surface area contributed by atoms with E-state index in [4.69, 9.17) is 21.1 Å². The van der Waals surface area contributed by atoms with Gasteiger partial charge in [-0.25, -0.2) is 4.39 Å². The van der Waals surface area contributed by atoms with Crippen LogP contribution >= 0.6 is 11.6 Å². The fraction of sp³-hybridized carbons (Fsp3) is 0.235. The van der Waals surface area contributed by atoms with Gasteiger partial charge in [0.2, 0.25) is 5.91 Å². The van der Waals surface area contributed by atoms with Gasteiger partial charge >= 0.3 is 0 Å². The summed E-state index contributed by atoms with van der Waals surface area (Å²) < 4.78 is 24.0. The smallest absolute Gasteiger partial charge is 0.243 e. The maximum atomic E-state index is 13.7. The van der Waals surface area contributed by atoms with Crippen LogP contribution in [0, 0.1) is 12.7 Å². The van der Waals surface area contributed by atoms with Gasteiger partial charge in [-0.1, -0.05) is 17.7 Å². The first kappa shape index (κ1) is 17.9. The number of methoxy groups -OCH3 is 2. The first-order valence-electron chi connectivity index (χ1n) is 7.16. The highest BCUT2D eigenvalue weighted by atomic mass is 35.5. The number of rotatable bonds is 6. The minimum atomic E-state index is -0.409. The first-order chi connectivity index (χ1) is 11.4. The third-order valence-corrected chi connectivity index (χ3v) is 3.61. The molecule has 2 rings (SSSR count). The van der Waals surface area contributed by atoms with Crippen LogP contribution in [0.1, 0.15) is 5.56 Å². The average molecular weight is 353 g/mol. The number of aryl methyl sites for hydroxylation is 1. The van der Waals surface area contributed by atoms with E-state index in [1.165, 1.54) is 20.3 Å². The number of halogens is 2. The van der Waals surface area contributed by atoms with Crippen molar-refractivity contribution in [3.05, 3.63) is 46.7 Å². The zero-order chi connectivity index (χ0) is 17.7. The number of hydrogen-bond donors (Lipinski definition) is 2. The van der Waals surface area contributed by atoms with Crippen LogP contribution < -0.4 is 20.1 Å². The normalized spacial score (nSPS) is 10.2. The van der Waals surface area contributed by atoms with E-state index >= 15 is 0 Å². The molecule has 0 aliphatic rings. The van der Waals surface area contributed by atoms with E-state index in [0.717, 1.165) is 5.56 Å². The van der Waals surface area contributed by atoms with Gasteiger partial charge in [0, 0.05) is 12.1 Å². The average Bonchev–Trinajstić information content (AvgIpc) is 2.55. The van der Waals surface area contributed by atoms with Gasteiger partial charge in [-0.2, -0.15) is 0 Å². The predicted octanol–water partition coefficient (Wildman–Crippen LogP) is 3.86. The minimum absolute atomic E-state index is 0.103. The Kier molecular flexibility index (Phi) is 5.87. The van der Waals surface area contributed by atoms with Crippen molar-refractivity contribution in [2.45, 2.75) is 6.92 Å². The highest BCUT2D eigenvalue weighted by Gasteiger charge is 2.13. The van der Waals surface area contributed by atoms with E-state index in [-0.39, 0.29) is 18.1 Å². The Bertz CT molecular complexity index is 753. The number of ether oxygens (including phenoxy) is 2. The molecule has 0 unspecified atom stereocenters. The summed E-state index contributed by atoms with van der Waals surface area (Å²) in [5.41, 5.74) is 1.48. The number of hydrogen-bond acceptors (Lipinski definition) is 4. The molecule has 1 amide bonds. The topological polar surface area (TPSA) is 59.6 Å². The minimum Gasteiger partial charge on any atom is -0.495 e. The van der Waals surface area contributed by atoms with E-state index in [2.05, 4.69) is 10.6 Å². The Balaban J connectivity index is 2.06. The number of amides is 1. The molecule has 0 aromatic heterocycles. The van der Waals surface area contributed by atoms with Crippen molar-refractivity contribution in [2.24, 2.45) is 0 Å². The lowest BCUT2D eigenvalue weighted by molar-refractivity contribution is -0.114. The molecule has 24 heavy (non-hydrogen) atoms. The number of benzene rings is 2. The fourth-order valence-electron chi connectivity index (χ4n) is 2.09. The van der Waals surface area contributed by atoms with Crippen molar-refractivity contribution in [2.75, 3.05) is 31.4 Å². The molecule has 5 nitrogen and oxygen atoms in total. The summed E-state index contributed by atoms with van der Waals surface area (Å²) in [6.45, 7) is 1.69. The van der Waals surface area contributed by atoms with Crippen LogP contribution in [0.4, 0.5) is 15.8 Å². The van der Waals surface area contributed by atoms with Crippen molar-refractivity contribution in [3.63, 3.8) is 0 Å². The Morgan fingerprint density at radius 1 is 1.12 bits per heavy atom.